The average Bonchev–Trinajstić information content (AvgIpc) is 3.36. The molecule has 2 atom stereocenters. The van der Waals surface area contributed by atoms with E-state index in [0.717, 1.165) is 5.02 Å². The molecule has 50 heavy (non-hydrogen) atoms. The van der Waals surface area contributed by atoms with Crippen molar-refractivity contribution in [2.24, 2.45) is 0 Å². The Balaban J connectivity index is 0. The van der Waals surface area contributed by atoms with Crippen LogP contribution in [0.15, 0.2) is 48.5 Å². The Morgan fingerprint density at radius 3 is 2.06 bits per heavy atom. The van der Waals surface area contributed by atoms with E-state index in [9.17, 15) is 28.8 Å². The third-order valence-electron chi connectivity index (χ3n) is 5.83. The summed E-state index contributed by atoms with van der Waals surface area (Å²) < 4.78 is 15.1. The minimum atomic E-state index is -1.18. The van der Waals surface area contributed by atoms with Gasteiger partial charge in [-0.05, 0) is 73.4 Å². The molecule has 0 bridgehead atoms. The number of rotatable bonds is 8. The second-order valence-electron chi connectivity index (χ2n) is 12.3. The number of carbonyl (C=O) groups excluding carboxylic acids is 5. The molecule has 1 fully saturated rings. The Labute approximate surface area is 329 Å². The van der Waals surface area contributed by atoms with Crippen LogP contribution in [-0.4, -0.2) is 98.8 Å². The normalized spacial score (nSPS) is 14.1. The molecule has 0 radical (unpaired) electrons. The number of alkyl carbamates (subject to hydrolysis) is 1. The molecule has 2 aromatic carbocycles. The SMILES string of the molecule is CC(C)(C)OC(=O)N1C(=O)CC[C@@H]1C(=O)O.CCOC(=O)[C@@H](CCC(=O)c1cccc(Cl)c1)NC(=O)OC(C)(C)C.Clc1c[c-]ccc1.[Br-].[Mg+2]. The number of benzene rings is 2. The van der Waals surface area contributed by atoms with Crippen molar-refractivity contribution >= 4 is 82.1 Å². The molecule has 1 aliphatic heterocycles. The van der Waals surface area contributed by atoms with E-state index in [2.05, 4.69) is 11.4 Å². The van der Waals surface area contributed by atoms with Crippen LogP contribution in [0.4, 0.5) is 9.59 Å². The summed E-state index contributed by atoms with van der Waals surface area (Å²) in [5.74, 6) is -2.46. The smallest absolute Gasteiger partial charge is 1.00 e. The van der Waals surface area contributed by atoms with E-state index in [1.807, 2.05) is 18.2 Å². The van der Waals surface area contributed by atoms with Gasteiger partial charge in [-0.2, -0.15) is 41.9 Å². The molecular formula is C34H43BrCl2MgN2O10. The van der Waals surface area contributed by atoms with Gasteiger partial charge in [0.1, 0.15) is 23.3 Å². The van der Waals surface area contributed by atoms with Crippen molar-refractivity contribution < 1.29 is 65.1 Å². The number of likely N-dealkylation sites (tertiary alicyclic amines) is 1. The van der Waals surface area contributed by atoms with Crippen molar-refractivity contribution in [1.29, 1.82) is 0 Å². The molecule has 16 heteroatoms. The van der Waals surface area contributed by atoms with Gasteiger partial charge in [0.25, 0.3) is 0 Å². The van der Waals surface area contributed by atoms with Gasteiger partial charge < -0.3 is 41.6 Å². The van der Waals surface area contributed by atoms with E-state index in [1.165, 1.54) is 0 Å². The van der Waals surface area contributed by atoms with Crippen LogP contribution in [0.5, 0.6) is 0 Å². The Kier molecular flexibility index (Phi) is 23.2. The van der Waals surface area contributed by atoms with Crippen LogP contribution in [0, 0.1) is 6.07 Å². The van der Waals surface area contributed by atoms with E-state index in [0.29, 0.717) is 15.5 Å². The Morgan fingerprint density at radius 2 is 1.60 bits per heavy atom. The number of esters is 1. The fraction of sp³-hybridized carbons (Fsp3) is 0.471. The number of amides is 3. The molecule has 0 aromatic heterocycles. The molecular weight excluding hydrogens is 771 g/mol. The van der Waals surface area contributed by atoms with Crippen LogP contribution in [-0.2, 0) is 28.6 Å². The molecule has 1 aliphatic rings. The zero-order valence-corrected chi connectivity index (χ0v) is 33.7. The minimum absolute atomic E-state index is 0. The zero-order chi connectivity index (χ0) is 36.7. The molecule has 0 spiro atoms. The van der Waals surface area contributed by atoms with Gasteiger partial charge in [-0.25, -0.2) is 24.1 Å². The standard InChI is InChI=1S/C18H24ClNO5.C10H15NO5.C6H4Cl.BrH.Mg/c1-5-24-16(22)14(20-17(23)25-18(2,3)4)9-10-15(21)12-7-6-8-13(19)11-12;1-10(2,3)16-9(15)11-6(8(13)14)4-5-7(11)12;7-6-4-2-1-3-5-6;;/h6-8,11,14H,5,9-10H2,1-4H3,(H,20,23);6H,4-5H2,1-3H3,(H,13,14);1-2,4-5H;1H;/q;;-1;;+2/p-1/t14-;6-;;;/m11.../s1. The summed E-state index contributed by atoms with van der Waals surface area (Å²) in [7, 11) is 0. The summed E-state index contributed by atoms with van der Waals surface area (Å²) in [5.41, 5.74) is -0.990. The van der Waals surface area contributed by atoms with Gasteiger partial charge in [0.05, 0.1) is 6.61 Å². The van der Waals surface area contributed by atoms with E-state index >= 15 is 0 Å². The van der Waals surface area contributed by atoms with Gasteiger partial charge in [0.2, 0.25) is 5.91 Å². The van der Waals surface area contributed by atoms with Crippen molar-refractivity contribution in [3.8, 4) is 0 Å². The molecule has 12 nitrogen and oxygen atoms in total. The first kappa shape index (κ1) is 49.2. The molecule has 3 amide bonds. The maximum absolute atomic E-state index is 12.2. The molecule has 0 saturated carbocycles. The fourth-order valence-corrected chi connectivity index (χ4v) is 4.18. The van der Waals surface area contributed by atoms with Crippen LogP contribution >= 0.6 is 23.2 Å². The predicted octanol–water partition coefficient (Wildman–Crippen LogP) is 3.52. The number of hydrogen-bond acceptors (Lipinski definition) is 9. The Morgan fingerprint density at radius 1 is 1.00 bits per heavy atom. The van der Waals surface area contributed by atoms with E-state index in [4.69, 9.17) is 42.5 Å². The van der Waals surface area contributed by atoms with E-state index < -0.39 is 53.3 Å². The summed E-state index contributed by atoms with van der Waals surface area (Å²) >= 11 is 11.4. The van der Waals surface area contributed by atoms with Gasteiger partial charge in [-0.3, -0.25) is 9.59 Å². The van der Waals surface area contributed by atoms with Crippen LogP contribution < -0.4 is 22.3 Å². The van der Waals surface area contributed by atoms with Crippen LogP contribution in [0.2, 0.25) is 10.0 Å². The molecule has 272 valence electrons. The Hall–Kier alpha value is -2.91. The van der Waals surface area contributed by atoms with Crippen molar-refractivity contribution in [1.82, 2.24) is 10.2 Å². The number of hydrogen-bond donors (Lipinski definition) is 2. The second-order valence-corrected chi connectivity index (χ2v) is 13.2. The number of carbonyl (C=O) groups is 6. The Bertz CT molecular complexity index is 1420. The number of carboxylic acid groups (broad SMARTS) is 1. The molecule has 0 unspecified atom stereocenters. The van der Waals surface area contributed by atoms with Crippen LogP contribution in [0.1, 0.15) is 84.5 Å². The third kappa shape index (κ3) is 20.1. The first-order valence-corrected chi connectivity index (χ1v) is 15.8. The van der Waals surface area contributed by atoms with Crippen molar-refractivity contribution in [3.63, 3.8) is 0 Å². The predicted molar refractivity (Wildman–Crippen MR) is 185 cm³/mol. The molecule has 3 rings (SSSR count). The van der Waals surface area contributed by atoms with E-state index in [-0.39, 0.29) is 78.1 Å². The molecule has 2 aromatic rings. The molecule has 2 N–H and O–H groups in total. The number of carboxylic acids is 1. The van der Waals surface area contributed by atoms with Crippen LogP contribution in [0.3, 0.4) is 0 Å². The van der Waals surface area contributed by atoms with Crippen LogP contribution in [0.25, 0.3) is 0 Å². The maximum Gasteiger partial charge on any atom is 2.00 e. The first-order valence-electron chi connectivity index (χ1n) is 15.1. The van der Waals surface area contributed by atoms with Gasteiger partial charge >= 0.3 is 47.2 Å². The number of Topliss-reactive ketones (excluding diaryl/α,β-unsaturated/α-hetero) is 1. The number of nitrogens with one attached hydrogen (secondary N) is 1. The summed E-state index contributed by atoms with van der Waals surface area (Å²) in [6.07, 6.45) is -1.25. The maximum atomic E-state index is 12.2. The number of ether oxygens (including phenoxy) is 3. The number of aliphatic carboxylic acids is 1. The summed E-state index contributed by atoms with van der Waals surface area (Å²) in [6, 6.07) is 14.5. The first-order chi connectivity index (χ1) is 22.2. The zero-order valence-electron chi connectivity index (χ0n) is 29.2. The average molecular weight is 815 g/mol. The summed E-state index contributed by atoms with van der Waals surface area (Å²) in [4.78, 5) is 70.7. The van der Waals surface area contributed by atoms with E-state index in [1.54, 1.807) is 78.8 Å². The number of halogens is 3. The van der Waals surface area contributed by atoms with Crippen molar-refractivity contribution in [3.05, 3.63) is 70.2 Å². The fourth-order valence-electron chi connectivity index (χ4n) is 3.85. The minimum Gasteiger partial charge on any atom is -1.00 e. The molecule has 0 aliphatic carbocycles. The van der Waals surface area contributed by atoms with Gasteiger partial charge in [0.15, 0.2) is 5.78 Å². The topological polar surface area (TPSA) is 166 Å². The summed E-state index contributed by atoms with van der Waals surface area (Å²) in [5, 5.41) is 12.5. The molecule has 1 saturated heterocycles. The van der Waals surface area contributed by atoms with Gasteiger partial charge in [-0.15, -0.1) is 0 Å². The molecule has 1 heterocycles. The third-order valence-corrected chi connectivity index (χ3v) is 6.30. The van der Waals surface area contributed by atoms with Gasteiger partial charge in [0, 0.05) is 23.4 Å². The van der Waals surface area contributed by atoms with Crippen molar-refractivity contribution in [2.75, 3.05) is 6.61 Å². The number of ketones is 1. The largest absolute Gasteiger partial charge is 2.00 e. The monoisotopic (exact) mass is 812 g/mol. The second kappa shape index (κ2) is 23.5. The number of imide groups is 1. The number of nitrogens with zero attached hydrogens (tertiary/aromatic N) is 1. The van der Waals surface area contributed by atoms with Gasteiger partial charge in [-0.1, -0.05) is 28.8 Å². The quantitative estimate of drug-likeness (QED) is 0.133. The van der Waals surface area contributed by atoms with Crippen molar-refractivity contribution in [2.45, 2.75) is 97.4 Å². The summed E-state index contributed by atoms with van der Waals surface area (Å²) in [6.45, 7) is 12.0.